The van der Waals surface area contributed by atoms with Crippen molar-refractivity contribution in [2.45, 2.75) is 0 Å². The van der Waals surface area contributed by atoms with Gasteiger partial charge < -0.3 is 11.1 Å². The van der Waals surface area contributed by atoms with E-state index in [4.69, 9.17) is 17.3 Å². The highest BCUT2D eigenvalue weighted by atomic mass is 35.5. The van der Waals surface area contributed by atoms with Crippen molar-refractivity contribution in [2.24, 2.45) is 0 Å². The van der Waals surface area contributed by atoms with Gasteiger partial charge in [0, 0.05) is 22.2 Å². The van der Waals surface area contributed by atoms with E-state index in [1.54, 1.807) is 13.1 Å². The molecule has 5 heteroatoms. The van der Waals surface area contributed by atoms with Crippen LogP contribution in [0.3, 0.4) is 0 Å². The van der Waals surface area contributed by atoms with Crippen LogP contribution in [0.2, 0.25) is 5.02 Å². The average Bonchev–Trinajstić information content (AvgIpc) is 2.54. The molecule has 0 saturated carbocycles. The molecule has 0 radical (unpaired) electrons. The second-order valence-corrected chi connectivity index (χ2v) is 4.55. The normalized spacial score (nSPS) is 10.5. The molecule has 1 aromatic heterocycles. The molecule has 1 aromatic carbocycles. The van der Waals surface area contributed by atoms with Crippen LogP contribution in [-0.4, -0.2) is 13.0 Å². The molecule has 0 fully saturated rings. The third-order valence-electron chi connectivity index (χ3n) is 2.12. The fourth-order valence-electron chi connectivity index (χ4n) is 1.37. The van der Waals surface area contributed by atoms with Gasteiger partial charge >= 0.3 is 0 Å². The Balaban J connectivity index is 2.69. The molecule has 0 bridgehead atoms. The van der Waals surface area contributed by atoms with E-state index < -0.39 is 0 Å². The number of carbonyl (C=O) groups excluding carboxylic acids is 1. The predicted molar refractivity (Wildman–Crippen MR) is 64.6 cm³/mol. The van der Waals surface area contributed by atoms with Gasteiger partial charge in [-0.1, -0.05) is 11.6 Å². The molecule has 2 rings (SSSR count). The summed E-state index contributed by atoms with van der Waals surface area (Å²) in [6.45, 7) is 0. The zero-order valence-electron chi connectivity index (χ0n) is 8.00. The van der Waals surface area contributed by atoms with Crippen molar-refractivity contribution >= 4 is 44.6 Å². The number of fused-ring (bicyclic) bond motifs is 1. The van der Waals surface area contributed by atoms with Gasteiger partial charge in [0.25, 0.3) is 5.91 Å². The minimum Gasteiger partial charge on any atom is -0.397 e. The van der Waals surface area contributed by atoms with E-state index in [1.807, 2.05) is 12.1 Å². The standard InChI is InChI=1S/C10H9ClN2OS/c1-13-10(14)9-8(12)6-3-2-5(11)4-7(6)15-9/h2-4H,12H2,1H3,(H,13,14). The lowest BCUT2D eigenvalue weighted by atomic mass is 10.2. The Morgan fingerprint density at radius 2 is 2.27 bits per heavy atom. The van der Waals surface area contributed by atoms with Crippen molar-refractivity contribution in [3.8, 4) is 0 Å². The summed E-state index contributed by atoms with van der Waals surface area (Å²) < 4.78 is 0.929. The SMILES string of the molecule is CNC(=O)c1sc2cc(Cl)ccc2c1N. The molecule has 0 saturated heterocycles. The van der Waals surface area contributed by atoms with E-state index >= 15 is 0 Å². The molecule has 3 nitrogen and oxygen atoms in total. The van der Waals surface area contributed by atoms with Crippen LogP contribution in [0.1, 0.15) is 9.67 Å². The summed E-state index contributed by atoms with van der Waals surface area (Å²) in [6, 6.07) is 5.40. The highest BCUT2D eigenvalue weighted by Crippen LogP contribution is 2.34. The second kappa shape index (κ2) is 3.72. The molecule has 0 unspecified atom stereocenters. The third-order valence-corrected chi connectivity index (χ3v) is 3.53. The van der Waals surface area contributed by atoms with Crippen LogP contribution < -0.4 is 11.1 Å². The van der Waals surface area contributed by atoms with Crippen LogP contribution in [0.15, 0.2) is 18.2 Å². The van der Waals surface area contributed by atoms with Gasteiger partial charge in [-0.05, 0) is 18.2 Å². The summed E-state index contributed by atoms with van der Waals surface area (Å²) in [7, 11) is 1.58. The number of amides is 1. The van der Waals surface area contributed by atoms with Gasteiger partial charge in [0.2, 0.25) is 0 Å². The Labute approximate surface area is 95.8 Å². The highest BCUT2D eigenvalue weighted by Gasteiger charge is 2.14. The van der Waals surface area contributed by atoms with Crippen molar-refractivity contribution in [2.75, 3.05) is 12.8 Å². The molecule has 1 heterocycles. The number of thiophene rings is 1. The van der Waals surface area contributed by atoms with Crippen molar-refractivity contribution in [1.29, 1.82) is 0 Å². The number of hydrogen-bond donors (Lipinski definition) is 2. The van der Waals surface area contributed by atoms with Gasteiger partial charge in [0.15, 0.2) is 0 Å². The molecule has 0 aliphatic heterocycles. The average molecular weight is 241 g/mol. The van der Waals surface area contributed by atoms with Crippen LogP contribution in [0.25, 0.3) is 10.1 Å². The first-order valence-electron chi connectivity index (χ1n) is 4.33. The van der Waals surface area contributed by atoms with E-state index in [2.05, 4.69) is 5.32 Å². The van der Waals surface area contributed by atoms with Gasteiger partial charge in [-0.3, -0.25) is 4.79 Å². The number of benzene rings is 1. The summed E-state index contributed by atoms with van der Waals surface area (Å²) >= 11 is 7.21. The van der Waals surface area contributed by atoms with Gasteiger partial charge in [0.1, 0.15) is 4.88 Å². The van der Waals surface area contributed by atoms with Crippen LogP contribution in [0.5, 0.6) is 0 Å². The first kappa shape index (κ1) is 10.3. The lowest BCUT2D eigenvalue weighted by molar-refractivity contribution is 0.0968. The molecule has 0 aliphatic rings. The van der Waals surface area contributed by atoms with Crippen LogP contribution in [0.4, 0.5) is 5.69 Å². The molecule has 0 aliphatic carbocycles. The van der Waals surface area contributed by atoms with Crippen molar-refractivity contribution in [3.05, 3.63) is 28.1 Å². The topological polar surface area (TPSA) is 55.1 Å². The fraction of sp³-hybridized carbons (Fsp3) is 0.100. The number of rotatable bonds is 1. The number of nitrogen functional groups attached to an aromatic ring is 1. The number of halogens is 1. The summed E-state index contributed by atoms with van der Waals surface area (Å²) in [4.78, 5) is 12.0. The number of hydrogen-bond acceptors (Lipinski definition) is 3. The zero-order valence-corrected chi connectivity index (χ0v) is 9.58. The van der Waals surface area contributed by atoms with Crippen molar-refractivity contribution < 1.29 is 4.79 Å². The molecule has 78 valence electrons. The lowest BCUT2D eigenvalue weighted by Gasteiger charge is -1.96. The Morgan fingerprint density at radius 1 is 1.53 bits per heavy atom. The van der Waals surface area contributed by atoms with Crippen LogP contribution in [-0.2, 0) is 0 Å². The summed E-state index contributed by atoms with van der Waals surface area (Å²) in [6.07, 6.45) is 0. The quantitative estimate of drug-likeness (QED) is 0.805. The monoisotopic (exact) mass is 240 g/mol. The third kappa shape index (κ3) is 1.66. The minimum absolute atomic E-state index is 0.162. The molecule has 0 spiro atoms. The molecule has 0 atom stereocenters. The van der Waals surface area contributed by atoms with E-state index in [0.717, 1.165) is 10.1 Å². The van der Waals surface area contributed by atoms with Crippen molar-refractivity contribution in [3.63, 3.8) is 0 Å². The van der Waals surface area contributed by atoms with Gasteiger partial charge in [-0.15, -0.1) is 11.3 Å². The summed E-state index contributed by atoms with van der Waals surface area (Å²) in [5.74, 6) is -0.162. The maximum Gasteiger partial charge on any atom is 0.263 e. The largest absolute Gasteiger partial charge is 0.397 e. The highest BCUT2D eigenvalue weighted by molar-refractivity contribution is 7.21. The summed E-state index contributed by atoms with van der Waals surface area (Å²) in [5, 5.41) is 4.08. The number of nitrogens with one attached hydrogen (secondary N) is 1. The Hall–Kier alpha value is -1.26. The van der Waals surface area contributed by atoms with Crippen LogP contribution in [0, 0.1) is 0 Å². The predicted octanol–water partition coefficient (Wildman–Crippen LogP) is 2.50. The lowest BCUT2D eigenvalue weighted by Crippen LogP contribution is -2.17. The van der Waals surface area contributed by atoms with Gasteiger partial charge in [-0.2, -0.15) is 0 Å². The van der Waals surface area contributed by atoms with Gasteiger partial charge in [0.05, 0.1) is 5.69 Å². The first-order chi connectivity index (χ1) is 7.13. The Morgan fingerprint density at radius 3 is 2.93 bits per heavy atom. The number of carbonyl (C=O) groups is 1. The molecule has 3 N–H and O–H groups in total. The molecule has 15 heavy (non-hydrogen) atoms. The Bertz CT molecular complexity index is 535. The fourth-order valence-corrected chi connectivity index (χ4v) is 2.72. The first-order valence-corrected chi connectivity index (χ1v) is 5.52. The van der Waals surface area contributed by atoms with E-state index in [9.17, 15) is 4.79 Å². The minimum atomic E-state index is -0.162. The van der Waals surface area contributed by atoms with Gasteiger partial charge in [-0.25, -0.2) is 0 Å². The van der Waals surface area contributed by atoms with E-state index in [1.165, 1.54) is 11.3 Å². The smallest absolute Gasteiger partial charge is 0.263 e. The van der Waals surface area contributed by atoms with Crippen LogP contribution >= 0.6 is 22.9 Å². The Kier molecular flexibility index (Phi) is 2.54. The maximum atomic E-state index is 11.5. The van der Waals surface area contributed by atoms with E-state index in [0.29, 0.717) is 15.6 Å². The van der Waals surface area contributed by atoms with E-state index in [-0.39, 0.29) is 5.91 Å². The molecule has 1 amide bonds. The number of nitrogens with two attached hydrogens (primary N) is 1. The summed E-state index contributed by atoms with van der Waals surface area (Å²) in [5.41, 5.74) is 6.39. The maximum absolute atomic E-state index is 11.5. The second-order valence-electron chi connectivity index (χ2n) is 3.06. The molecule has 2 aromatic rings. The zero-order chi connectivity index (χ0) is 11.0. The molecular formula is C10H9ClN2OS. The molecular weight excluding hydrogens is 232 g/mol. The van der Waals surface area contributed by atoms with Crippen molar-refractivity contribution in [1.82, 2.24) is 5.32 Å². The number of anilines is 1.